The monoisotopic (exact) mass is 336 g/mol. The highest BCUT2D eigenvalue weighted by Gasteiger charge is 2.38. The first kappa shape index (κ1) is 14.6. The molecule has 2 aliphatic heterocycles. The van der Waals surface area contributed by atoms with Crippen LogP contribution < -0.4 is 0 Å². The van der Waals surface area contributed by atoms with Crippen LogP contribution in [0, 0.1) is 5.82 Å². The molecule has 0 bridgehead atoms. The fraction of sp³-hybridized carbons (Fsp3) is 0.400. The van der Waals surface area contributed by atoms with Crippen molar-refractivity contribution in [1.82, 2.24) is 19.9 Å². The predicted octanol–water partition coefficient (Wildman–Crippen LogP) is 2.06. The van der Waals surface area contributed by atoms with Gasteiger partial charge in [0.05, 0.1) is 36.2 Å². The normalized spacial score (nSPS) is 23.3. The van der Waals surface area contributed by atoms with Gasteiger partial charge in [-0.2, -0.15) is 0 Å². The van der Waals surface area contributed by atoms with Crippen LogP contribution in [0.25, 0.3) is 0 Å². The molecule has 120 valence electrons. The van der Waals surface area contributed by atoms with Gasteiger partial charge >= 0.3 is 0 Å². The maximum Gasteiger partial charge on any atom is 0.256 e. The molecule has 2 atom stereocenters. The molecular formula is C15H14ClFN4O2. The number of ether oxygens (including phenoxy) is 1. The molecule has 2 aliphatic rings. The summed E-state index contributed by atoms with van der Waals surface area (Å²) in [5.74, 6) is -0.948. The molecule has 23 heavy (non-hydrogen) atoms. The number of benzene rings is 1. The molecule has 0 saturated carbocycles. The van der Waals surface area contributed by atoms with E-state index in [1.807, 2.05) is 4.68 Å². The number of piperidine rings is 1. The summed E-state index contributed by atoms with van der Waals surface area (Å²) in [6, 6.07) is 4.00. The minimum absolute atomic E-state index is 0.00307. The molecule has 0 unspecified atom stereocenters. The van der Waals surface area contributed by atoms with Crippen LogP contribution in [0.4, 0.5) is 4.39 Å². The summed E-state index contributed by atoms with van der Waals surface area (Å²) in [6.07, 6.45) is 2.35. The molecule has 1 fully saturated rings. The van der Waals surface area contributed by atoms with E-state index in [2.05, 4.69) is 10.3 Å². The van der Waals surface area contributed by atoms with E-state index in [-0.39, 0.29) is 28.6 Å². The van der Waals surface area contributed by atoms with Gasteiger partial charge in [-0.3, -0.25) is 4.79 Å². The van der Waals surface area contributed by atoms with Crippen molar-refractivity contribution in [3.63, 3.8) is 0 Å². The van der Waals surface area contributed by atoms with Crippen molar-refractivity contribution in [3.05, 3.63) is 46.5 Å². The Kier molecular flexibility index (Phi) is 3.54. The first-order chi connectivity index (χ1) is 11.1. The summed E-state index contributed by atoms with van der Waals surface area (Å²) >= 11 is 5.74. The zero-order valence-electron chi connectivity index (χ0n) is 12.2. The molecular weight excluding hydrogens is 323 g/mol. The van der Waals surface area contributed by atoms with Crippen LogP contribution in [0.1, 0.15) is 28.5 Å². The lowest BCUT2D eigenvalue weighted by Crippen LogP contribution is -2.50. The van der Waals surface area contributed by atoms with Crippen molar-refractivity contribution in [2.45, 2.75) is 25.2 Å². The smallest absolute Gasteiger partial charge is 0.256 e. The van der Waals surface area contributed by atoms with Crippen molar-refractivity contribution < 1.29 is 13.9 Å². The van der Waals surface area contributed by atoms with Crippen molar-refractivity contribution in [2.75, 3.05) is 13.1 Å². The molecule has 4 rings (SSSR count). The number of carbonyl (C=O) groups is 1. The third-order valence-corrected chi connectivity index (χ3v) is 4.61. The van der Waals surface area contributed by atoms with Crippen LogP contribution in [0.5, 0.6) is 0 Å². The van der Waals surface area contributed by atoms with Gasteiger partial charge in [-0.15, -0.1) is 5.10 Å². The Balaban J connectivity index is 1.59. The first-order valence-electron chi connectivity index (χ1n) is 7.38. The van der Waals surface area contributed by atoms with Gasteiger partial charge in [0.1, 0.15) is 5.82 Å². The summed E-state index contributed by atoms with van der Waals surface area (Å²) in [5, 5.41) is 8.26. The van der Waals surface area contributed by atoms with Gasteiger partial charge in [-0.1, -0.05) is 16.8 Å². The van der Waals surface area contributed by atoms with E-state index >= 15 is 0 Å². The van der Waals surface area contributed by atoms with Gasteiger partial charge < -0.3 is 9.64 Å². The van der Waals surface area contributed by atoms with Crippen LogP contribution in [0.15, 0.2) is 24.4 Å². The van der Waals surface area contributed by atoms with E-state index in [1.54, 1.807) is 11.1 Å². The zero-order valence-corrected chi connectivity index (χ0v) is 12.9. The van der Waals surface area contributed by atoms with Crippen LogP contribution in [0.2, 0.25) is 5.02 Å². The summed E-state index contributed by atoms with van der Waals surface area (Å²) < 4.78 is 21.6. The molecule has 1 aromatic heterocycles. The lowest BCUT2D eigenvalue weighted by molar-refractivity contribution is -0.0605. The van der Waals surface area contributed by atoms with Crippen LogP contribution in [-0.2, 0) is 11.3 Å². The third-order valence-electron chi connectivity index (χ3n) is 4.38. The van der Waals surface area contributed by atoms with E-state index < -0.39 is 5.82 Å². The van der Waals surface area contributed by atoms with Gasteiger partial charge in [-0.05, 0) is 24.6 Å². The Morgan fingerprint density at radius 1 is 1.43 bits per heavy atom. The summed E-state index contributed by atoms with van der Waals surface area (Å²) in [4.78, 5) is 14.2. The predicted molar refractivity (Wildman–Crippen MR) is 79.6 cm³/mol. The van der Waals surface area contributed by atoms with Crippen LogP contribution in [0.3, 0.4) is 0 Å². The number of hydrogen-bond donors (Lipinski definition) is 0. The number of aromatic nitrogens is 3. The number of nitrogens with zero attached hydrogens (tertiary/aromatic N) is 4. The van der Waals surface area contributed by atoms with Crippen molar-refractivity contribution >= 4 is 17.5 Å². The average Bonchev–Trinajstić information content (AvgIpc) is 3.03. The zero-order chi connectivity index (χ0) is 16.0. The van der Waals surface area contributed by atoms with Gasteiger partial charge in [0.2, 0.25) is 0 Å². The number of rotatable bonds is 1. The second-order valence-corrected chi connectivity index (χ2v) is 6.19. The summed E-state index contributed by atoms with van der Waals surface area (Å²) in [7, 11) is 0. The molecule has 0 spiro atoms. The summed E-state index contributed by atoms with van der Waals surface area (Å²) in [6.45, 7) is 1.42. The molecule has 6 nitrogen and oxygen atoms in total. The quantitative estimate of drug-likeness (QED) is 0.799. The van der Waals surface area contributed by atoms with E-state index in [0.717, 1.165) is 11.8 Å². The second-order valence-electron chi connectivity index (χ2n) is 5.75. The van der Waals surface area contributed by atoms with Crippen molar-refractivity contribution in [1.29, 1.82) is 0 Å². The molecule has 0 radical (unpaired) electrons. The third kappa shape index (κ3) is 2.49. The van der Waals surface area contributed by atoms with Crippen molar-refractivity contribution in [2.24, 2.45) is 0 Å². The topological polar surface area (TPSA) is 60.3 Å². The Bertz CT molecular complexity index is 766. The number of halogens is 2. The molecule has 2 aromatic rings. The van der Waals surface area contributed by atoms with Crippen LogP contribution in [-0.4, -0.2) is 45.0 Å². The van der Waals surface area contributed by atoms with E-state index in [9.17, 15) is 9.18 Å². The first-order valence-corrected chi connectivity index (χ1v) is 7.76. The minimum Gasteiger partial charge on any atom is -0.370 e. The maximum atomic E-state index is 14.0. The van der Waals surface area contributed by atoms with E-state index in [1.165, 1.54) is 12.1 Å². The van der Waals surface area contributed by atoms with Crippen molar-refractivity contribution in [3.8, 4) is 0 Å². The SMILES string of the molecule is O=C(c1ccc(Cl)cc1F)N1CC[C@@H]2OCc3cnnn3[C@H]2C1. The van der Waals surface area contributed by atoms with Crippen LogP contribution >= 0.6 is 11.6 Å². The number of carbonyl (C=O) groups excluding carboxylic acids is 1. The Morgan fingerprint density at radius 3 is 3.13 bits per heavy atom. The molecule has 1 saturated heterocycles. The Hall–Kier alpha value is -1.99. The second kappa shape index (κ2) is 5.58. The molecule has 0 N–H and O–H groups in total. The minimum atomic E-state index is -0.606. The molecule has 1 aromatic carbocycles. The number of fused-ring (bicyclic) bond motifs is 3. The van der Waals surface area contributed by atoms with E-state index in [0.29, 0.717) is 26.1 Å². The Labute approximate surface area is 136 Å². The number of hydrogen-bond acceptors (Lipinski definition) is 4. The fourth-order valence-electron chi connectivity index (χ4n) is 3.20. The fourth-order valence-corrected chi connectivity index (χ4v) is 3.36. The summed E-state index contributed by atoms with van der Waals surface area (Å²) in [5.41, 5.74) is 0.918. The Morgan fingerprint density at radius 2 is 2.30 bits per heavy atom. The van der Waals surface area contributed by atoms with Gasteiger partial charge in [0.25, 0.3) is 5.91 Å². The largest absolute Gasteiger partial charge is 0.370 e. The number of amides is 1. The lowest BCUT2D eigenvalue weighted by Gasteiger charge is -2.41. The van der Waals surface area contributed by atoms with Gasteiger partial charge in [0, 0.05) is 18.1 Å². The molecule has 0 aliphatic carbocycles. The highest BCUT2D eigenvalue weighted by atomic mass is 35.5. The average molecular weight is 337 g/mol. The maximum absolute atomic E-state index is 14.0. The van der Waals surface area contributed by atoms with E-state index in [4.69, 9.17) is 16.3 Å². The van der Waals surface area contributed by atoms with Gasteiger partial charge in [-0.25, -0.2) is 9.07 Å². The van der Waals surface area contributed by atoms with Gasteiger partial charge in [0.15, 0.2) is 0 Å². The highest BCUT2D eigenvalue weighted by Crippen LogP contribution is 2.31. The lowest BCUT2D eigenvalue weighted by atomic mass is 9.99. The molecule has 1 amide bonds. The number of likely N-dealkylation sites (tertiary alicyclic amines) is 1. The highest BCUT2D eigenvalue weighted by molar-refractivity contribution is 6.30. The molecule has 8 heteroatoms. The standard InChI is InChI=1S/C15H14ClFN4O2/c16-9-1-2-11(12(17)5-9)15(22)20-4-3-14-13(7-20)21-10(8-23-14)6-18-19-21/h1-2,5-6,13-14H,3-4,7-8H2/t13-,14-/m0/s1. The molecule has 3 heterocycles.